The molecule has 102 valence electrons. The summed E-state index contributed by atoms with van der Waals surface area (Å²) in [6.45, 7) is 0. The maximum Gasteiger partial charge on any atom is 0.196 e. The molecule has 2 aliphatic carbocycles. The lowest BCUT2D eigenvalue weighted by molar-refractivity contribution is 0.112. The fraction of sp³-hybridized carbons (Fsp3) is 0.400. The number of hydrogen-bond donors (Lipinski definition) is 0. The average molecular weight is 285 g/mol. The fourth-order valence-corrected chi connectivity index (χ4v) is 3.42. The molecule has 0 N–H and O–H groups in total. The summed E-state index contributed by atoms with van der Waals surface area (Å²) in [5.74, 6) is 1.76. The monoisotopic (exact) mass is 285 g/mol. The quantitative estimate of drug-likeness (QED) is 0.789. The third-order valence-electron chi connectivity index (χ3n) is 3.79. The molecule has 1 heterocycles. The summed E-state index contributed by atoms with van der Waals surface area (Å²) in [6.07, 6.45) is 5.82. The predicted molar refractivity (Wildman–Crippen MR) is 76.2 cm³/mol. The van der Waals surface area contributed by atoms with Crippen LogP contribution >= 0.6 is 11.8 Å². The second-order valence-electron chi connectivity index (χ2n) is 5.47. The number of benzene rings is 1. The van der Waals surface area contributed by atoms with E-state index in [9.17, 15) is 4.79 Å². The van der Waals surface area contributed by atoms with Crippen molar-refractivity contribution in [1.29, 1.82) is 0 Å². The molecule has 0 bridgehead atoms. The number of rotatable bonds is 5. The van der Waals surface area contributed by atoms with Gasteiger partial charge in [-0.15, -0.1) is 10.2 Å². The van der Waals surface area contributed by atoms with Crippen LogP contribution in [0.2, 0.25) is 0 Å². The lowest BCUT2D eigenvalue weighted by Crippen LogP contribution is -2.02. The van der Waals surface area contributed by atoms with E-state index in [1.807, 2.05) is 24.3 Å². The Morgan fingerprint density at radius 2 is 1.95 bits per heavy atom. The fourth-order valence-electron chi connectivity index (χ4n) is 2.42. The maximum atomic E-state index is 11.1. The van der Waals surface area contributed by atoms with Crippen molar-refractivity contribution in [3.63, 3.8) is 0 Å². The highest BCUT2D eigenvalue weighted by molar-refractivity contribution is 7.99. The number of aromatic nitrogens is 3. The zero-order chi connectivity index (χ0) is 13.5. The van der Waals surface area contributed by atoms with E-state index < -0.39 is 0 Å². The summed E-state index contributed by atoms with van der Waals surface area (Å²) in [4.78, 5) is 12.1. The van der Waals surface area contributed by atoms with E-state index in [2.05, 4.69) is 14.8 Å². The molecule has 4 nitrogen and oxygen atoms in total. The van der Waals surface area contributed by atoms with E-state index in [0.29, 0.717) is 12.0 Å². The van der Waals surface area contributed by atoms with E-state index in [0.717, 1.165) is 27.7 Å². The number of aldehydes is 1. The highest BCUT2D eigenvalue weighted by Gasteiger charge is 2.36. The predicted octanol–water partition coefficient (Wildman–Crippen LogP) is 3.45. The van der Waals surface area contributed by atoms with Crippen LogP contribution in [-0.4, -0.2) is 21.1 Å². The van der Waals surface area contributed by atoms with Crippen molar-refractivity contribution in [3.05, 3.63) is 35.7 Å². The highest BCUT2D eigenvalue weighted by Crippen LogP contribution is 2.46. The zero-order valence-corrected chi connectivity index (χ0v) is 11.8. The van der Waals surface area contributed by atoms with Crippen LogP contribution in [0.5, 0.6) is 0 Å². The van der Waals surface area contributed by atoms with Gasteiger partial charge in [-0.2, -0.15) is 0 Å². The lowest BCUT2D eigenvalue weighted by Gasteiger charge is -2.08. The molecule has 2 saturated carbocycles. The Kier molecular flexibility index (Phi) is 2.88. The van der Waals surface area contributed by atoms with Crippen LogP contribution in [-0.2, 0) is 0 Å². The molecule has 0 radical (unpaired) electrons. The van der Waals surface area contributed by atoms with Crippen molar-refractivity contribution < 1.29 is 4.79 Å². The second kappa shape index (κ2) is 4.74. The minimum atomic E-state index is 0.575. The summed E-state index contributed by atoms with van der Waals surface area (Å²) < 4.78 is 2.31. The zero-order valence-electron chi connectivity index (χ0n) is 11.0. The molecular weight excluding hydrogens is 270 g/mol. The summed E-state index contributed by atoms with van der Waals surface area (Å²) in [6, 6.07) is 8.22. The SMILES string of the molecule is O=Cc1ccccc1Sc1nnc(C2CC2)n1C1CC1. The smallest absolute Gasteiger partial charge is 0.196 e. The summed E-state index contributed by atoms with van der Waals surface area (Å²) in [5, 5.41) is 9.70. The Morgan fingerprint density at radius 1 is 1.15 bits per heavy atom. The van der Waals surface area contributed by atoms with Gasteiger partial charge in [-0.25, -0.2) is 0 Å². The van der Waals surface area contributed by atoms with E-state index >= 15 is 0 Å². The Labute approximate surface area is 121 Å². The van der Waals surface area contributed by atoms with Crippen LogP contribution in [0, 0.1) is 0 Å². The number of hydrogen-bond acceptors (Lipinski definition) is 4. The van der Waals surface area contributed by atoms with Crippen molar-refractivity contribution in [2.45, 2.75) is 47.7 Å². The van der Waals surface area contributed by atoms with Crippen molar-refractivity contribution in [2.24, 2.45) is 0 Å². The first-order valence-electron chi connectivity index (χ1n) is 7.03. The second-order valence-corrected chi connectivity index (χ2v) is 6.48. The van der Waals surface area contributed by atoms with Gasteiger partial charge in [-0.3, -0.25) is 4.79 Å². The molecule has 1 aromatic carbocycles. The van der Waals surface area contributed by atoms with Gasteiger partial charge in [-0.05, 0) is 43.5 Å². The van der Waals surface area contributed by atoms with Crippen LogP contribution in [0.15, 0.2) is 34.3 Å². The molecule has 5 heteroatoms. The molecule has 0 atom stereocenters. The third kappa shape index (κ3) is 2.16. The highest BCUT2D eigenvalue weighted by atomic mass is 32.2. The van der Waals surface area contributed by atoms with Gasteiger partial charge in [0.2, 0.25) is 0 Å². The molecule has 0 saturated heterocycles. The van der Waals surface area contributed by atoms with Crippen LogP contribution in [0.25, 0.3) is 0 Å². The Hall–Kier alpha value is -1.62. The number of nitrogens with zero attached hydrogens (tertiary/aromatic N) is 3. The molecule has 2 fully saturated rings. The van der Waals surface area contributed by atoms with Crippen molar-refractivity contribution in [2.75, 3.05) is 0 Å². The summed E-state index contributed by atoms with van der Waals surface area (Å²) >= 11 is 1.56. The van der Waals surface area contributed by atoms with Gasteiger partial charge in [0.25, 0.3) is 0 Å². The van der Waals surface area contributed by atoms with E-state index in [1.54, 1.807) is 11.8 Å². The molecular formula is C15H15N3OS. The normalized spacial score (nSPS) is 18.2. The van der Waals surface area contributed by atoms with Crippen molar-refractivity contribution in [1.82, 2.24) is 14.8 Å². The van der Waals surface area contributed by atoms with Crippen LogP contribution in [0.3, 0.4) is 0 Å². The Balaban J connectivity index is 1.70. The first-order valence-corrected chi connectivity index (χ1v) is 7.85. The largest absolute Gasteiger partial charge is 0.302 e. The third-order valence-corrected chi connectivity index (χ3v) is 4.85. The van der Waals surface area contributed by atoms with E-state index in [1.165, 1.54) is 25.7 Å². The van der Waals surface area contributed by atoms with Gasteiger partial charge in [0.15, 0.2) is 11.4 Å². The Morgan fingerprint density at radius 3 is 2.65 bits per heavy atom. The number of carbonyl (C=O) groups excluding carboxylic acids is 1. The summed E-state index contributed by atoms with van der Waals surface area (Å²) in [7, 11) is 0. The summed E-state index contributed by atoms with van der Waals surface area (Å²) in [5.41, 5.74) is 0.718. The minimum absolute atomic E-state index is 0.575. The number of carbonyl (C=O) groups is 1. The van der Waals surface area contributed by atoms with Gasteiger partial charge in [0.1, 0.15) is 5.82 Å². The topological polar surface area (TPSA) is 47.8 Å². The molecule has 0 unspecified atom stereocenters. The van der Waals surface area contributed by atoms with Gasteiger partial charge >= 0.3 is 0 Å². The molecule has 20 heavy (non-hydrogen) atoms. The molecule has 0 aliphatic heterocycles. The van der Waals surface area contributed by atoms with Crippen molar-refractivity contribution in [3.8, 4) is 0 Å². The van der Waals surface area contributed by atoms with Crippen LogP contribution in [0.1, 0.15) is 53.8 Å². The standard InChI is InChI=1S/C15H15N3OS/c19-9-11-3-1-2-4-13(11)20-15-17-16-14(10-5-6-10)18(15)12-7-8-12/h1-4,9-10,12H,5-8H2. The first kappa shape index (κ1) is 12.1. The minimum Gasteiger partial charge on any atom is -0.302 e. The molecule has 2 aliphatic rings. The van der Waals surface area contributed by atoms with Gasteiger partial charge in [-0.1, -0.05) is 18.2 Å². The molecule has 0 amide bonds. The first-order chi connectivity index (χ1) is 9.86. The Bertz CT molecular complexity index is 659. The molecule has 1 aromatic heterocycles. The van der Waals surface area contributed by atoms with E-state index in [4.69, 9.17) is 0 Å². The maximum absolute atomic E-state index is 11.1. The van der Waals surface area contributed by atoms with Gasteiger partial charge in [0.05, 0.1) is 0 Å². The van der Waals surface area contributed by atoms with Gasteiger partial charge < -0.3 is 4.57 Å². The molecule has 2 aromatic rings. The molecule has 4 rings (SSSR count). The van der Waals surface area contributed by atoms with Crippen LogP contribution in [0.4, 0.5) is 0 Å². The van der Waals surface area contributed by atoms with E-state index in [-0.39, 0.29) is 0 Å². The van der Waals surface area contributed by atoms with Crippen LogP contribution < -0.4 is 0 Å². The average Bonchev–Trinajstić information content (AvgIpc) is 3.39. The van der Waals surface area contributed by atoms with Gasteiger partial charge in [0, 0.05) is 22.4 Å². The molecule has 0 spiro atoms. The lowest BCUT2D eigenvalue weighted by atomic mass is 10.2. The van der Waals surface area contributed by atoms with Crippen molar-refractivity contribution >= 4 is 18.0 Å².